The zero-order valence-corrected chi connectivity index (χ0v) is 13.7. The minimum absolute atomic E-state index is 0.0936. The smallest absolute Gasteiger partial charge is 0.309 e. The number of amides is 2. The minimum atomic E-state index is -0.645. The van der Waals surface area contributed by atoms with E-state index in [2.05, 4.69) is 31.4 Å². The Kier molecular flexibility index (Phi) is 6.65. The third kappa shape index (κ3) is 5.65. The second kappa shape index (κ2) is 7.78. The summed E-state index contributed by atoms with van der Waals surface area (Å²) in [5.74, 6) is -0.548. The van der Waals surface area contributed by atoms with Gasteiger partial charge in [0.25, 0.3) is 0 Å². The maximum absolute atomic E-state index is 11.9. The van der Waals surface area contributed by atoms with Crippen LogP contribution < -0.4 is 10.6 Å². The lowest BCUT2D eigenvalue weighted by molar-refractivity contribution is -0.140. The molecule has 5 heteroatoms. The van der Waals surface area contributed by atoms with Crippen LogP contribution in [0, 0.1) is 11.3 Å². The van der Waals surface area contributed by atoms with Crippen molar-refractivity contribution in [1.29, 1.82) is 0 Å². The number of carbonyl (C=O) groups excluding carboxylic acids is 2. The van der Waals surface area contributed by atoms with E-state index in [1.54, 1.807) is 0 Å². The Bertz CT molecular complexity index is 351. The quantitative estimate of drug-likeness (QED) is 0.690. The monoisotopic (exact) mass is 298 g/mol. The predicted octanol–water partition coefficient (Wildman–Crippen LogP) is 1.59. The van der Waals surface area contributed by atoms with Gasteiger partial charge in [-0.15, -0.1) is 0 Å². The van der Waals surface area contributed by atoms with Crippen molar-refractivity contribution >= 4 is 11.8 Å². The molecule has 0 radical (unpaired) electrons. The van der Waals surface area contributed by atoms with Gasteiger partial charge in [0.15, 0.2) is 0 Å². The fourth-order valence-electron chi connectivity index (χ4n) is 2.88. The van der Waals surface area contributed by atoms with E-state index in [0.717, 1.165) is 25.7 Å². The molecule has 1 fully saturated rings. The van der Waals surface area contributed by atoms with E-state index >= 15 is 0 Å². The molecule has 0 unspecified atom stereocenters. The minimum Gasteiger partial charge on any atom is -0.394 e. The summed E-state index contributed by atoms with van der Waals surface area (Å²) in [6, 6.07) is -0.254. The lowest BCUT2D eigenvalue weighted by atomic mass is 9.71. The van der Waals surface area contributed by atoms with Crippen LogP contribution in [-0.4, -0.2) is 35.6 Å². The summed E-state index contributed by atoms with van der Waals surface area (Å²) < 4.78 is 0. The highest BCUT2D eigenvalue weighted by Gasteiger charge is 2.31. The first kappa shape index (κ1) is 18.0. The molecule has 0 bridgehead atoms. The van der Waals surface area contributed by atoms with Gasteiger partial charge in [0.1, 0.15) is 0 Å². The van der Waals surface area contributed by atoms with E-state index in [9.17, 15) is 9.59 Å². The second-order valence-electron chi connectivity index (χ2n) is 7.15. The number of hydrogen-bond acceptors (Lipinski definition) is 3. The van der Waals surface area contributed by atoms with Gasteiger partial charge in [0, 0.05) is 6.04 Å². The molecule has 0 saturated heterocycles. The third-order valence-corrected chi connectivity index (χ3v) is 4.54. The zero-order valence-electron chi connectivity index (χ0n) is 13.7. The van der Waals surface area contributed by atoms with Gasteiger partial charge in [-0.05, 0) is 43.4 Å². The number of aliphatic hydroxyl groups is 1. The van der Waals surface area contributed by atoms with E-state index in [-0.39, 0.29) is 18.7 Å². The average Bonchev–Trinajstić information content (AvgIpc) is 2.44. The summed E-state index contributed by atoms with van der Waals surface area (Å²) in [6.07, 6.45) is 4.64. The Hall–Kier alpha value is -1.10. The first-order valence-electron chi connectivity index (χ1n) is 8.00. The molecule has 1 rings (SSSR count). The van der Waals surface area contributed by atoms with E-state index in [0.29, 0.717) is 17.8 Å². The molecule has 0 spiro atoms. The van der Waals surface area contributed by atoms with E-state index in [4.69, 9.17) is 5.11 Å². The van der Waals surface area contributed by atoms with E-state index in [1.807, 2.05) is 6.92 Å². The average molecular weight is 298 g/mol. The van der Waals surface area contributed by atoms with Crippen LogP contribution >= 0.6 is 0 Å². The van der Waals surface area contributed by atoms with Crippen molar-refractivity contribution in [2.75, 3.05) is 6.61 Å². The molecule has 0 aromatic heterocycles. The van der Waals surface area contributed by atoms with Crippen LogP contribution in [0.15, 0.2) is 0 Å². The van der Waals surface area contributed by atoms with Crippen LogP contribution in [0.5, 0.6) is 0 Å². The van der Waals surface area contributed by atoms with Crippen LogP contribution in [0.1, 0.15) is 59.8 Å². The first-order chi connectivity index (χ1) is 9.77. The first-order valence-corrected chi connectivity index (χ1v) is 8.00. The molecule has 0 heterocycles. The lowest BCUT2D eigenvalue weighted by Gasteiger charge is -2.37. The molecule has 0 aromatic rings. The third-order valence-electron chi connectivity index (χ3n) is 4.54. The Morgan fingerprint density at radius 3 is 2.14 bits per heavy atom. The van der Waals surface area contributed by atoms with Crippen LogP contribution in [0.2, 0.25) is 0 Å². The van der Waals surface area contributed by atoms with Crippen LogP contribution in [0.3, 0.4) is 0 Å². The summed E-state index contributed by atoms with van der Waals surface area (Å²) >= 11 is 0. The largest absolute Gasteiger partial charge is 0.394 e. The van der Waals surface area contributed by atoms with Crippen LogP contribution in [0.25, 0.3) is 0 Å². The maximum atomic E-state index is 11.9. The second-order valence-corrected chi connectivity index (χ2v) is 7.15. The van der Waals surface area contributed by atoms with Crippen molar-refractivity contribution in [2.45, 2.75) is 71.9 Å². The van der Waals surface area contributed by atoms with E-state index in [1.165, 1.54) is 0 Å². The fraction of sp³-hybridized carbons (Fsp3) is 0.875. The summed E-state index contributed by atoms with van der Waals surface area (Å²) in [4.78, 5) is 23.6. The van der Waals surface area contributed by atoms with Crippen molar-refractivity contribution < 1.29 is 14.7 Å². The Morgan fingerprint density at radius 2 is 1.71 bits per heavy atom. The molecule has 21 heavy (non-hydrogen) atoms. The molecular weight excluding hydrogens is 268 g/mol. The van der Waals surface area contributed by atoms with E-state index < -0.39 is 11.8 Å². The highest BCUT2D eigenvalue weighted by molar-refractivity contribution is 6.35. The van der Waals surface area contributed by atoms with Crippen molar-refractivity contribution in [3.63, 3.8) is 0 Å². The molecule has 1 aliphatic rings. The lowest BCUT2D eigenvalue weighted by Crippen LogP contribution is -2.49. The van der Waals surface area contributed by atoms with Gasteiger partial charge in [-0.1, -0.05) is 27.7 Å². The SMILES string of the molecule is CC[C@H](CO)NC(=O)C(=O)NC1CCC(C(C)(C)C)CC1. The maximum Gasteiger partial charge on any atom is 0.309 e. The number of rotatable bonds is 4. The molecule has 3 N–H and O–H groups in total. The van der Waals surface area contributed by atoms with Crippen molar-refractivity contribution in [3.8, 4) is 0 Å². The highest BCUT2D eigenvalue weighted by Crippen LogP contribution is 2.37. The Morgan fingerprint density at radius 1 is 1.14 bits per heavy atom. The summed E-state index contributed by atoms with van der Waals surface area (Å²) in [6.45, 7) is 8.47. The molecule has 0 aromatic carbocycles. The van der Waals surface area contributed by atoms with Gasteiger partial charge in [-0.3, -0.25) is 9.59 Å². The Labute approximate surface area is 127 Å². The topological polar surface area (TPSA) is 78.4 Å². The van der Waals surface area contributed by atoms with Gasteiger partial charge in [0.05, 0.1) is 12.6 Å². The van der Waals surface area contributed by atoms with Crippen molar-refractivity contribution in [3.05, 3.63) is 0 Å². The highest BCUT2D eigenvalue weighted by atomic mass is 16.3. The van der Waals surface area contributed by atoms with Crippen LogP contribution in [0.4, 0.5) is 0 Å². The number of aliphatic hydroxyl groups excluding tert-OH is 1. The normalized spacial score (nSPS) is 24.2. The summed E-state index contributed by atoms with van der Waals surface area (Å²) in [7, 11) is 0. The zero-order chi connectivity index (χ0) is 16.0. The van der Waals surface area contributed by atoms with Gasteiger partial charge >= 0.3 is 11.8 Å². The van der Waals surface area contributed by atoms with Gasteiger partial charge < -0.3 is 15.7 Å². The van der Waals surface area contributed by atoms with Gasteiger partial charge in [-0.2, -0.15) is 0 Å². The molecule has 122 valence electrons. The molecule has 2 amide bonds. The van der Waals surface area contributed by atoms with Gasteiger partial charge in [0.2, 0.25) is 0 Å². The van der Waals surface area contributed by atoms with Gasteiger partial charge in [-0.25, -0.2) is 0 Å². The molecule has 1 saturated carbocycles. The number of nitrogens with one attached hydrogen (secondary N) is 2. The fourth-order valence-corrected chi connectivity index (χ4v) is 2.88. The van der Waals surface area contributed by atoms with Crippen LogP contribution in [-0.2, 0) is 9.59 Å². The summed E-state index contributed by atoms with van der Waals surface area (Å²) in [5, 5.41) is 14.4. The summed E-state index contributed by atoms with van der Waals surface area (Å²) in [5.41, 5.74) is 0.307. The Balaban J connectivity index is 2.38. The molecule has 1 atom stereocenters. The number of carbonyl (C=O) groups is 2. The number of hydrogen-bond donors (Lipinski definition) is 3. The molecule has 5 nitrogen and oxygen atoms in total. The van der Waals surface area contributed by atoms with Crippen molar-refractivity contribution in [1.82, 2.24) is 10.6 Å². The predicted molar refractivity (Wildman–Crippen MR) is 82.7 cm³/mol. The van der Waals surface area contributed by atoms with Crippen molar-refractivity contribution in [2.24, 2.45) is 11.3 Å². The standard InChI is InChI=1S/C16H30N2O3/c1-5-12(10-19)17-14(20)15(21)18-13-8-6-11(7-9-13)16(2,3)4/h11-13,19H,5-10H2,1-4H3,(H,17,20)(H,18,21)/t11?,12-,13?/m1/s1. The molecular formula is C16H30N2O3. The molecule has 1 aliphatic carbocycles. The molecule has 0 aliphatic heterocycles.